The van der Waals surface area contributed by atoms with Crippen molar-refractivity contribution in [3.05, 3.63) is 29.8 Å². The quantitative estimate of drug-likeness (QED) is 0.806. The Kier molecular flexibility index (Phi) is 5.60. The molecule has 0 aromatic heterocycles. The van der Waals surface area contributed by atoms with Gasteiger partial charge in [0.05, 0.1) is 12.6 Å². The Bertz CT molecular complexity index is 421. The molecule has 1 aromatic rings. The second-order valence-electron chi connectivity index (χ2n) is 5.54. The van der Waals surface area contributed by atoms with Crippen molar-refractivity contribution in [1.82, 2.24) is 5.32 Å². The van der Waals surface area contributed by atoms with Gasteiger partial charge in [-0.3, -0.25) is 4.79 Å². The zero-order valence-electron chi connectivity index (χ0n) is 12.5. The van der Waals surface area contributed by atoms with Crippen LogP contribution in [0.5, 0.6) is 5.75 Å². The molecule has 1 aliphatic carbocycles. The topological polar surface area (TPSA) is 38.3 Å². The number of hydrogen-bond donors (Lipinski definition) is 1. The van der Waals surface area contributed by atoms with E-state index in [-0.39, 0.29) is 11.8 Å². The van der Waals surface area contributed by atoms with E-state index in [1.54, 1.807) is 0 Å². The Balaban J connectivity index is 1.91. The highest BCUT2D eigenvalue weighted by atomic mass is 16.5. The van der Waals surface area contributed by atoms with Crippen LogP contribution in [0.15, 0.2) is 24.3 Å². The minimum absolute atomic E-state index is 0.115. The average Bonchev–Trinajstić information content (AvgIpc) is 2.48. The van der Waals surface area contributed by atoms with Crippen molar-refractivity contribution in [3.8, 4) is 5.75 Å². The van der Waals surface area contributed by atoms with Crippen molar-refractivity contribution in [2.45, 2.75) is 58.0 Å². The van der Waals surface area contributed by atoms with Crippen LogP contribution < -0.4 is 10.1 Å². The van der Waals surface area contributed by atoms with Gasteiger partial charge in [-0.05, 0) is 51.0 Å². The summed E-state index contributed by atoms with van der Waals surface area (Å²) in [6.45, 7) is 4.57. The predicted molar refractivity (Wildman–Crippen MR) is 81.4 cm³/mol. The average molecular weight is 275 g/mol. The maximum atomic E-state index is 12.4. The number of carbonyl (C=O) groups excluding carboxylic acids is 1. The van der Waals surface area contributed by atoms with E-state index in [9.17, 15) is 4.79 Å². The van der Waals surface area contributed by atoms with Crippen LogP contribution in [0, 0.1) is 0 Å². The number of carbonyl (C=O) groups is 1. The Hall–Kier alpha value is -1.35. The standard InChI is InChI=1S/C17H25NO2/c1-3-20-16-11-9-14(10-12-16)17(19)13(2)18-15-7-5-4-6-8-15/h9-13,15,18H,3-8H2,1-2H3. The normalized spacial score (nSPS) is 17.7. The summed E-state index contributed by atoms with van der Waals surface area (Å²) in [5.41, 5.74) is 0.754. The molecule has 1 fully saturated rings. The number of ether oxygens (including phenoxy) is 1. The fraction of sp³-hybridized carbons (Fsp3) is 0.588. The van der Waals surface area contributed by atoms with Crippen LogP contribution in [0.1, 0.15) is 56.3 Å². The summed E-state index contributed by atoms with van der Waals surface area (Å²) >= 11 is 0. The molecule has 0 heterocycles. The molecule has 110 valence electrons. The number of ketones is 1. The molecule has 1 atom stereocenters. The SMILES string of the molecule is CCOc1ccc(C(=O)C(C)NC2CCCCC2)cc1. The molecule has 1 aromatic carbocycles. The third-order valence-electron chi connectivity index (χ3n) is 3.93. The molecule has 3 nitrogen and oxygen atoms in total. The highest BCUT2D eigenvalue weighted by Crippen LogP contribution is 2.19. The molecule has 0 saturated heterocycles. The largest absolute Gasteiger partial charge is 0.494 e. The Morgan fingerprint density at radius 1 is 1.25 bits per heavy atom. The molecule has 1 unspecified atom stereocenters. The lowest BCUT2D eigenvalue weighted by molar-refractivity contribution is 0.0940. The first-order chi connectivity index (χ1) is 9.70. The van der Waals surface area contributed by atoms with Crippen molar-refractivity contribution in [2.24, 2.45) is 0 Å². The van der Waals surface area contributed by atoms with Crippen LogP contribution in [-0.4, -0.2) is 24.5 Å². The number of nitrogens with one attached hydrogen (secondary N) is 1. The summed E-state index contributed by atoms with van der Waals surface area (Å²) < 4.78 is 5.40. The first kappa shape index (κ1) is 15.0. The summed E-state index contributed by atoms with van der Waals surface area (Å²) in [4.78, 5) is 12.4. The minimum Gasteiger partial charge on any atom is -0.494 e. The summed E-state index contributed by atoms with van der Waals surface area (Å²) in [6, 6.07) is 7.83. The van der Waals surface area contributed by atoms with Gasteiger partial charge in [0, 0.05) is 11.6 Å². The van der Waals surface area contributed by atoms with Gasteiger partial charge >= 0.3 is 0 Å². The molecule has 1 N–H and O–H groups in total. The first-order valence-electron chi connectivity index (χ1n) is 7.74. The molecule has 2 rings (SSSR count). The Morgan fingerprint density at radius 3 is 2.50 bits per heavy atom. The molecular weight excluding hydrogens is 250 g/mol. The summed E-state index contributed by atoms with van der Waals surface area (Å²) in [5.74, 6) is 0.982. The smallest absolute Gasteiger partial charge is 0.179 e. The van der Waals surface area contributed by atoms with E-state index < -0.39 is 0 Å². The van der Waals surface area contributed by atoms with Crippen molar-refractivity contribution >= 4 is 5.78 Å². The second-order valence-corrected chi connectivity index (χ2v) is 5.54. The minimum atomic E-state index is -0.115. The van der Waals surface area contributed by atoms with E-state index in [0.29, 0.717) is 12.6 Å². The van der Waals surface area contributed by atoms with Gasteiger partial charge < -0.3 is 10.1 Å². The van der Waals surface area contributed by atoms with Gasteiger partial charge in [0.15, 0.2) is 5.78 Å². The predicted octanol–water partition coefficient (Wildman–Crippen LogP) is 3.58. The summed E-state index contributed by atoms with van der Waals surface area (Å²) in [6.07, 6.45) is 6.28. The van der Waals surface area contributed by atoms with Crippen LogP contribution in [0.4, 0.5) is 0 Å². The molecule has 0 amide bonds. The zero-order chi connectivity index (χ0) is 14.4. The van der Waals surface area contributed by atoms with E-state index >= 15 is 0 Å². The lowest BCUT2D eigenvalue weighted by Gasteiger charge is -2.26. The van der Waals surface area contributed by atoms with Crippen molar-refractivity contribution in [3.63, 3.8) is 0 Å². The van der Waals surface area contributed by atoms with Gasteiger partial charge in [0.2, 0.25) is 0 Å². The van der Waals surface area contributed by atoms with E-state index in [1.807, 2.05) is 38.1 Å². The maximum absolute atomic E-state index is 12.4. The third kappa shape index (κ3) is 4.07. The molecule has 0 spiro atoms. The second kappa shape index (κ2) is 7.44. The van der Waals surface area contributed by atoms with E-state index in [0.717, 1.165) is 11.3 Å². The van der Waals surface area contributed by atoms with Crippen molar-refractivity contribution in [1.29, 1.82) is 0 Å². The highest BCUT2D eigenvalue weighted by molar-refractivity contribution is 5.99. The molecule has 0 bridgehead atoms. The summed E-state index contributed by atoms with van der Waals surface area (Å²) in [7, 11) is 0. The molecule has 1 saturated carbocycles. The van der Waals surface area contributed by atoms with Gasteiger partial charge in [0.25, 0.3) is 0 Å². The van der Waals surface area contributed by atoms with Crippen LogP contribution in [0.25, 0.3) is 0 Å². The first-order valence-corrected chi connectivity index (χ1v) is 7.74. The molecule has 0 aliphatic heterocycles. The number of rotatable bonds is 6. The van der Waals surface area contributed by atoms with Gasteiger partial charge in [0.1, 0.15) is 5.75 Å². The van der Waals surface area contributed by atoms with Crippen LogP contribution in [-0.2, 0) is 0 Å². The van der Waals surface area contributed by atoms with Gasteiger partial charge in [-0.1, -0.05) is 19.3 Å². The van der Waals surface area contributed by atoms with Gasteiger partial charge in [-0.2, -0.15) is 0 Å². The molecular formula is C17H25NO2. The van der Waals surface area contributed by atoms with Crippen molar-refractivity contribution < 1.29 is 9.53 Å². The number of Topliss-reactive ketones (excluding diaryl/α,β-unsaturated/α-hetero) is 1. The number of hydrogen-bond acceptors (Lipinski definition) is 3. The van der Waals surface area contributed by atoms with E-state index in [1.165, 1.54) is 32.1 Å². The molecule has 1 aliphatic rings. The van der Waals surface area contributed by atoms with E-state index in [2.05, 4.69) is 5.32 Å². The zero-order valence-corrected chi connectivity index (χ0v) is 12.5. The van der Waals surface area contributed by atoms with Crippen LogP contribution in [0.2, 0.25) is 0 Å². The van der Waals surface area contributed by atoms with Crippen molar-refractivity contribution in [2.75, 3.05) is 6.61 Å². The Morgan fingerprint density at radius 2 is 1.90 bits per heavy atom. The monoisotopic (exact) mass is 275 g/mol. The van der Waals surface area contributed by atoms with Gasteiger partial charge in [-0.25, -0.2) is 0 Å². The molecule has 20 heavy (non-hydrogen) atoms. The number of benzene rings is 1. The highest BCUT2D eigenvalue weighted by Gasteiger charge is 2.20. The fourth-order valence-corrected chi connectivity index (χ4v) is 2.83. The molecule has 0 radical (unpaired) electrons. The lowest BCUT2D eigenvalue weighted by atomic mass is 9.94. The fourth-order valence-electron chi connectivity index (χ4n) is 2.83. The summed E-state index contributed by atoms with van der Waals surface area (Å²) in [5, 5.41) is 3.48. The van der Waals surface area contributed by atoms with Crippen LogP contribution in [0.3, 0.4) is 0 Å². The third-order valence-corrected chi connectivity index (χ3v) is 3.93. The Labute approximate surface area is 121 Å². The van der Waals surface area contributed by atoms with Crippen LogP contribution >= 0.6 is 0 Å². The molecule has 3 heteroatoms. The lowest BCUT2D eigenvalue weighted by Crippen LogP contribution is -2.42. The van der Waals surface area contributed by atoms with E-state index in [4.69, 9.17) is 4.74 Å². The van der Waals surface area contributed by atoms with Gasteiger partial charge in [-0.15, -0.1) is 0 Å². The maximum Gasteiger partial charge on any atom is 0.179 e.